The standard InChI is InChI=1S/C33H34N2O2/c1-3-7-28(8-4-1)20-34(22-32-24-36-32)30-15-11-26(12-16-30)19-27-13-17-31(18-14-27)35(23-33-25-37-33)21-29-9-5-2-6-10-29/h1-18,32-33H,19-25H2. The minimum Gasteiger partial charge on any atom is -0.371 e. The number of epoxide rings is 2. The molecule has 4 aromatic rings. The van der Waals surface area contributed by atoms with Gasteiger partial charge in [-0.25, -0.2) is 0 Å². The summed E-state index contributed by atoms with van der Waals surface area (Å²) in [4.78, 5) is 4.85. The largest absolute Gasteiger partial charge is 0.371 e. The van der Waals surface area contributed by atoms with E-state index in [1.54, 1.807) is 0 Å². The fourth-order valence-electron chi connectivity index (χ4n) is 4.85. The fraction of sp³-hybridized carbons (Fsp3) is 0.273. The van der Waals surface area contributed by atoms with Crippen molar-refractivity contribution in [3.05, 3.63) is 131 Å². The van der Waals surface area contributed by atoms with Gasteiger partial charge in [0, 0.05) is 37.6 Å². The molecule has 0 bridgehead atoms. The van der Waals surface area contributed by atoms with Gasteiger partial charge in [-0.3, -0.25) is 0 Å². The first kappa shape index (κ1) is 23.8. The van der Waals surface area contributed by atoms with Gasteiger partial charge in [-0.05, 0) is 52.9 Å². The van der Waals surface area contributed by atoms with Gasteiger partial charge in [-0.2, -0.15) is 0 Å². The Morgan fingerprint density at radius 1 is 0.486 bits per heavy atom. The lowest BCUT2D eigenvalue weighted by Gasteiger charge is -2.25. The number of hydrogen-bond donors (Lipinski definition) is 0. The Labute approximate surface area is 220 Å². The lowest BCUT2D eigenvalue weighted by atomic mass is 10.0. The molecule has 0 aromatic heterocycles. The maximum absolute atomic E-state index is 5.53. The number of anilines is 2. The molecule has 2 fully saturated rings. The average molecular weight is 491 g/mol. The Morgan fingerprint density at radius 3 is 1.22 bits per heavy atom. The molecular formula is C33H34N2O2. The molecule has 0 radical (unpaired) electrons. The Balaban J connectivity index is 1.11. The molecule has 0 amide bonds. The third kappa shape index (κ3) is 6.79. The normalized spacial score (nSPS) is 17.8. The smallest absolute Gasteiger partial charge is 0.0984 e. The van der Waals surface area contributed by atoms with Gasteiger partial charge in [0.25, 0.3) is 0 Å². The molecule has 2 atom stereocenters. The first-order valence-corrected chi connectivity index (χ1v) is 13.3. The van der Waals surface area contributed by atoms with Gasteiger partial charge in [0.05, 0.1) is 25.4 Å². The number of rotatable bonds is 12. The first-order valence-electron chi connectivity index (χ1n) is 13.3. The van der Waals surface area contributed by atoms with Crippen LogP contribution in [0, 0.1) is 0 Å². The van der Waals surface area contributed by atoms with Crippen LogP contribution < -0.4 is 9.80 Å². The van der Waals surface area contributed by atoms with E-state index in [1.165, 1.54) is 33.6 Å². The van der Waals surface area contributed by atoms with Crippen LogP contribution in [0.25, 0.3) is 0 Å². The van der Waals surface area contributed by atoms with Crippen LogP contribution in [0.2, 0.25) is 0 Å². The van der Waals surface area contributed by atoms with Crippen LogP contribution >= 0.6 is 0 Å². The Morgan fingerprint density at radius 2 is 0.865 bits per heavy atom. The summed E-state index contributed by atoms with van der Waals surface area (Å²) in [5, 5.41) is 0. The van der Waals surface area contributed by atoms with Crippen LogP contribution in [0.4, 0.5) is 11.4 Å². The van der Waals surface area contributed by atoms with E-state index in [1.807, 2.05) is 0 Å². The first-order chi connectivity index (χ1) is 18.3. The Bertz CT molecular complexity index is 1150. The van der Waals surface area contributed by atoms with Crippen molar-refractivity contribution in [2.75, 3.05) is 36.1 Å². The quantitative estimate of drug-likeness (QED) is 0.225. The van der Waals surface area contributed by atoms with E-state index in [0.717, 1.165) is 45.8 Å². The highest BCUT2D eigenvalue weighted by Gasteiger charge is 2.26. The second kappa shape index (κ2) is 11.2. The highest BCUT2D eigenvalue weighted by Crippen LogP contribution is 2.25. The second-order valence-corrected chi connectivity index (χ2v) is 10.2. The average Bonchev–Trinajstić information content (AvgIpc) is 3.88. The predicted octanol–water partition coefficient (Wildman–Crippen LogP) is 6.09. The molecule has 0 spiro atoms. The zero-order valence-electron chi connectivity index (χ0n) is 21.2. The van der Waals surface area contributed by atoms with E-state index in [9.17, 15) is 0 Å². The number of hydrogen-bond acceptors (Lipinski definition) is 4. The molecule has 2 aliphatic rings. The van der Waals surface area contributed by atoms with Crippen LogP contribution in [0.15, 0.2) is 109 Å². The highest BCUT2D eigenvalue weighted by atomic mass is 16.6. The van der Waals surface area contributed by atoms with Crippen molar-refractivity contribution in [1.82, 2.24) is 0 Å². The van der Waals surface area contributed by atoms with E-state index < -0.39 is 0 Å². The lowest BCUT2D eigenvalue weighted by molar-refractivity contribution is 0.407. The molecule has 2 aliphatic heterocycles. The van der Waals surface area contributed by atoms with Crippen molar-refractivity contribution in [3.8, 4) is 0 Å². The SMILES string of the molecule is c1ccc(CN(CC2CO2)c2ccc(Cc3ccc(N(Cc4ccccc4)CC4CO4)cc3)cc2)cc1. The van der Waals surface area contributed by atoms with E-state index in [2.05, 4.69) is 119 Å². The van der Waals surface area contributed by atoms with Gasteiger partial charge in [-0.15, -0.1) is 0 Å². The van der Waals surface area contributed by atoms with Gasteiger partial charge in [0.15, 0.2) is 0 Å². The Kier molecular flexibility index (Phi) is 7.20. The van der Waals surface area contributed by atoms with E-state index in [0.29, 0.717) is 12.2 Å². The molecule has 2 unspecified atom stereocenters. The second-order valence-electron chi connectivity index (χ2n) is 10.2. The predicted molar refractivity (Wildman–Crippen MR) is 150 cm³/mol. The molecular weight excluding hydrogens is 456 g/mol. The van der Waals surface area contributed by atoms with Crippen molar-refractivity contribution in [1.29, 1.82) is 0 Å². The molecule has 2 saturated heterocycles. The Hall–Kier alpha value is -3.60. The number of nitrogens with zero attached hydrogens (tertiary/aromatic N) is 2. The maximum atomic E-state index is 5.53. The van der Waals surface area contributed by atoms with Crippen molar-refractivity contribution < 1.29 is 9.47 Å². The van der Waals surface area contributed by atoms with Gasteiger partial charge in [0.2, 0.25) is 0 Å². The van der Waals surface area contributed by atoms with E-state index in [4.69, 9.17) is 9.47 Å². The van der Waals surface area contributed by atoms with Crippen molar-refractivity contribution >= 4 is 11.4 Å². The van der Waals surface area contributed by atoms with Crippen molar-refractivity contribution in [2.45, 2.75) is 31.7 Å². The third-order valence-electron chi connectivity index (χ3n) is 7.10. The van der Waals surface area contributed by atoms with E-state index >= 15 is 0 Å². The summed E-state index contributed by atoms with van der Waals surface area (Å²) in [6.45, 7) is 5.40. The molecule has 37 heavy (non-hydrogen) atoms. The molecule has 0 saturated carbocycles. The molecule has 0 N–H and O–H groups in total. The van der Waals surface area contributed by atoms with Gasteiger partial charge in [0.1, 0.15) is 0 Å². The summed E-state index contributed by atoms with van der Waals surface area (Å²) in [6, 6.07) is 39.4. The monoisotopic (exact) mass is 490 g/mol. The van der Waals surface area contributed by atoms with Crippen molar-refractivity contribution in [2.24, 2.45) is 0 Å². The zero-order chi connectivity index (χ0) is 24.9. The van der Waals surface area contributed by atoms with Crippen LogP contribution in [0.5, 0.6) is 0 Å². The summed E-state index contributed by atoms with van der Waals surface area (Å²) in [6.07, 6.45) is 1.64. The van der Waals surface area contributed by atoms with Crippen molar-refractivity contribution in [3.63, 3.8) is 0 Å². The molecule has 4 heteroatoms. The van der Waals surface area contributed by atoms with Crippen LogP contribution in [0.1, 0.15) is 22.3 Å². The summed E-state index contributed by atoms with van der Waals surface area (Å²) in [5.41, 5.74) is 7.79. The number of ether oxygens (including phenoxy) is 2. The van der Waals surface area contributed by atoms with Crippen LogP contribution in [-0.4, -0.2) is 38.5 Å². The van der Waals surface area contributed by atoms with Crippen LogP contribution in [0.3, 0.4) is 0 Å². The van der Waals surface area contributed by atoms with Gasteiger partial charge in [-0.1, -0.05) is 84.9 Å². The minimum atomic E-state index is 0.356. The lowest BCUT2D eigenvalue weighted by Crippen LogP contribution is -2.27. The van der Waals surface area contributed by atoms with E-state index in [-0.39, 0.29) is 0 Å². The highest BCUT2D eigenvalue weighted by molar-refractivity contribution is 5.51. The topological polar surface area (TPSA) is 31.5 Å². The number of benzene rings is 4. The summed E-state index contributed by atoms with van der Waals surface area (Å²) in [5.74, 6) is 0. The molecule has 0 aliphatic carbocycles. The third-order valence-corrected chi connectivity index (χ3v) is 7.10. The fourth-order valence-corrected chi connectivity index (χ4v) is 4.85. The minimum absolute atomic E-state index is 0.356. The summed E-state index contributed by atoms with van der Waals surface area (Å²) < 4.78 is 11.1. The molecule has 2 heterocycles. The molecule has 6 rings (SSSR count). The summed E-state index contributed by atoms with van der Waals surface area (Å²) >= 11 is 0. The van der Waals surface area contributed by atoms with Gasteiger partial charge < -0.3 is 19.3 Å². The van der Waals surface area contributed by atoms with Crippen LogP contribution in [-0.2, 0) is 29.0 Å². The van der Waals surface area contributed by atoms with Gasteiger partial charge >= 0.3 is 0 Å². The molecule has 4 aromatic carbocycles. The summed E-state index contributed by atoms with van der Waals surface area (Å²) in [7, 11) is 0. The zero-order valence-corrected chi connectivity index (χ0v) is 21.2. The molecule has 4 nitrogen and oxygen atoms in total. The molecule has 188 valence electrons. The maximum Gasteiger partial charge on any atom is 0.0984 e.